The maximum atomic E-state index is 3.78. The maximum absolute atomic E-state index is 3.78. The molecule has 0 amide bonds. The summed E-state index contributed by atoms with van der Waals surface area (Å²) in [7, 11) is 0. The molecule has 1 fully saturated rings. The van der Waals surface area contributed by atoms with Gasteiger partial charge in [0.25, 0.3) is 0 Å². The fraction of sp³-hybridized carbons (Fsp3) is 0.625. The summed E-state index contributed by atoms with van der Waals surface area (Å²) in [6, 6.07) is 9.50. The monoisotopic (exact) mass is 295 g/mol. The van der Waals surface area contributed by atoms with Crippen LogP contribution in [0.5, 0.6) is 0 Å². The highest BCUT2D eigenvalue weighted by atomic mass is 32.2. The minimum Gasteiger partial charge on any atom is -0.309 e. The predicted octanol–water partition coefficient (Wildman–Crippen LogP) is 4.27. The maximum Gasteiger partial charge on any atom is 0.0451 e. The fourth-order valence-corrected chi connectivity index (χ4v) is 5.55. The van der Waals surface area contributed by atoms with Crippen molar-refractivity contribution >= 4 is 23.5 Å². The average molecular weight is 296 g/mol. The van der Waals surface area contributed by atoms with Gasteiger partial charge in [-0.15, -0.1) is 0 Å². The molecule has 1 aliphatic heterocycles. The Morgan fingerprint density at radius 3 is 2.79 bits per heavy atom. The first-order valence-corrected chi connectivity index (χ1v) is 9.35. The van der Waals surface area contributed by atoms with Gasteiger partial charge in [-0.3, -0.25) is 0 Å². The van der Waals surface area contributed by atoms with Gasteiger partial charge in [0, 0.05) is 28.0 Å². The molecule has 3 heteroatoms. The standard InChI is InChI=1S/C16H25NS2/c1-4-8-17-15(14-7-5-6-12(2)11-14)16-13(3)18-9-10-19-16/h5-7,11,13,15-17H,4,8-10H2,1-3H3. The van der Waals surface area contributed by atoms with Crippen molar-refractivity contribution in [1.29, 1.82) is 0 Å². The molecule has 3 atom stereocenters. The SMILES string of the molecule is CCCNC(c1cccc(C)c1)C1SCCSC1C. The van der Waals surface area contributed by atoms with Gasteiger partial charge in [-0.2, -0.15) is 23.5 Å². The van der Waals surface area contributed by atoms with Crippen LogP contribution in [-0.4, -0.2) is 28.6 Å². The lowest BCUT2D eigenvalue weighted by Crippen LogP contribution is -2.38. The van der Waals surface area contributed by atoms with Gasteiger partial charge in [-0.25, -0.2) is 0 Å². The first-order chi connectivity index (χ1) is 9.22. The lowest BCUT2D eigenvalue weighted by Gasteiger charge is -2.35. The number of hydrogen-bond acceptors (Lipinski definition) is 3. The van der Waals surface area contributed by atoms with Crippen LogP contribution in [-0.2, 0) is 0 Å². The summed E-state index contributed by atoms with van der Waals surface area (Å²) >= 11 is 4.27. The van der Waals surface area contributed by atoms with Crippen LogP contribution < -0.4 is 5.32 Å². The van der Waals surface area contributed by atoms with Gasteiger partial charge >= 0.3 is 0 Å². The van der Waals surface area contributed by atoms with Gasteiger partial charge in [0.1, 0.15) is 0 Å². The smallest absolute Gasteiger partial charge is 0.0451 e. The second-order valence-corrected chi connectivity index (χ2v) is 8.03. The van der Waals surface area contributed by atoms with Crippen LogP contribution in [0.25, 0.3) is 0 Å². The van der Waals surface area contributed by atoms with E-state index in [0.717, 1.165) is 11.8 Å². The highest BCUT2D eigenvalue weighted by Gasteiger charge is 2.30. The van der Waals surface area contributed by atoms with Crippen molar-refractivity contribution < 1.29 is 0 Å². The van der Waals surface area contributed by atoms with Crippen LogP contribution in [0, 0.1) is 6.92 Å². The molecule has 1 nitrogen and oxygen atoms in total. The number of thioether (sulfide) groups is 2. The second-order valence-electron chi connectivity index (χ2n) is 5.26. The van der Waals surface area contributed by atoms with E-state index in [9.17, 15) is 0 Å². The van der Waals surface area contributed by atoms with E-state index in [2.05, 4.69) is 73.9 Å². The van der Waals surface area contributed by atoms with Crippen molar-refractivity contribution in [2.45, 2.75) is 43.7 Å². The van der Waals surface area contributed by atoms with Crippen LogP contribution >= 0.6 is 23.5 Å². The molecule has 1 heterocycles. The van der Waals surface area contributed by atoms with E-state index in [-0.39, 0.29) is 0 Å². The van der Waals surface area contributed by atoms with Crippen LogP contribution in [0.2, 0.25) is 0 Å². The Labute approximate surface area is 126 Å². The summed E-state index contributed by atoms with van der Waals surface area (Å²) < 4.78 is 0. The van der Waals surface area contributed by atoms with Gasteiger partial charge in [-0.05, 0) is 25.5 Å². The van der Waals surface area contributed by atoms with Gasteiger partial charge in [-0.1, -0.05) is 43.7 Å². The van der Waals surface area contributed by atoms with E-state index in [4.69, 9.17) is 0 Å². The minimum atomic E-state index is 0.493. The van der Waals surface area contributed by atoms with E-state index < -0.39 is 0 Å². The van der Waals surface area contributed by atoms with Gasteiger partial charge in [0.05, 0.1) is 0 Å². The quantitative estimate of drug-likeness (QED) is 0.871. The van der Waals surface area contributed by atoms with Gasteiger partial charge in [0.15, 0.2) is 0 Å². The lowest BCUT2D eigenvalue weighted by atomic mass is 9.99. The number of nitrogens with one attached hydrogen (secondary N) is 1. The summed E-state index contributed by atoms with van der Waals surface area (Å²) in [4.78, 5) is 0. The molecule has 3 unspecified atom stereocenters. The fourth-order valence-electron chi connectivity index (χ4n) is 2.60. The van der Waals surface area contributed by atoms with E-state index in [1.165, 1.54) is 29.1 Å². The third-order valence-electron chi connectivity index (χ3n) is 3.58. The Kier molecular flexibility index (Phi) is 6.11. The largest absolute Gasteiger partial charge is 0.309 e. The molecule has 0 aliphatic carbocycles. The van der Waals surface area contributed by atoms with Gasteiger partial charge in [0.2, 0.25) is 0 Å². The molecule has 106 valence electrons. The van der Waals surface area contributed by atoms with E-state index in [0.29, 0.717) is 11.3 Å². The average Bonchev–Trinajstić information content (AvgIpc) is 2.41. The van der Waals surface area contributed by atoms with Gasteiger partial charge < -0.3 is 5.32 Å². The zero-order valence-corrected chi connectivity index (χ0v) is 13.8. The van der Waals surface area contributed by atoms with Crippen molar-refractivity contribution in [1.82, 2.24) is 5.32 Å². The van der Waals surface area contributed by atoms with E-state index >= 15 is 0 Å². The molecule has 1 aromatic rings. The number of hydrogen-bond donors (Lipinski definition) is 1. The molecular formula is C16H25NS2. The highest BCUT2D eigenvalue weighted by Crippen LogP contribution is 2.38. The zero-order chi connectivity index (χ0) is 13.7. The molecule has 0 radical (unpaired) electrons. The van der Waals surface area contributed by atoms with Crippen LogP contribution in [0.3, 0.4) is 0 Å². The zero-order valence-electron chi connectivity index (χ0n) is 12.2. The molecule has 1 N–H and O–H groups in total. The molecule has 1 aromatic carbocycles. The second kappa shape index (κ2) is 7.61. The summed E-state index contributed by atoms with van der Waals surface area (Å²) in [5, 5.41) is 5.20. The Morgan fingerprint density at radius 2 is 2.11 bits per heavy atom. The Hall–Kier alpha value is -0.120. The van der Waals surface area contributed by atoms with Crippen LogP contribution in [0.1, 0.15) is 37.4 Å². The van der Waals surface area contributed by atoms with Crippen molar-refractivity contribution in [3.05, 3.63) is 35.4 Å². The molecule has 0 aromatic heterocycles. The summed E-state index contributed by atoms with van der Waals surface area (Å²) in [5.74, 6) is 2.59. The predicted molar refractivity (Wildman–Crippen MR) is 90.4 cm³/mol. The normalized spacial score (nSPS) is 25.2. The number of aryl methyl sites for hydroxylation is 1. The Morgan fingerprint density at radius 1 is 1.32 bits per heavy atom. The first kappa shape index (κ1) is 15.3. The summed E-state index contributed by atoms with van der Waals surface area (Å²) in [5.41, 5.74) is 2.82. The molecule has 19 heavy (non-hydrogen) atoms. The molecule has 1 saturated heterocycles. The third kappa shape index (κ3) is 4.17. The number of rotatable bonds is 5. The molecule has 2 rings (SSSR count). The first-order valence-electron chi connectivity index (χ1n) is 7.25. The Bertz CT molecular complexity index is 394. The van der Waals surface area contributed by atoms with E-state index in [1.54, 1.807) is 0 Å². The topological polar surface area (TPSA) is 12.0 Å². The molecular weight excluding hydrogens is 270 g/mol. The van der Waals surface area contributed by atoms with Crippen molar-refractivity contribution in [2.75, 3.05) is 18.1 Å². The van der Waals surface area contributed by atoms with Crippen molar-refractivity contribution in [3.8, 4) is 0 Å². The van der Waals surface area contributed by atoms with Crippen molar-refractivity contribution in [3.63, 3.8) is 0 Å². The number of benzene rings is 1. The molecule has 0 spiro atoms. The Balaban J connectivity index is 2.19. The highest BCUT2D eigenvalue weighted by molar-refractivity contribution is 8.07. The summed E-state index contributed by atoms with van der Waals surface area (Å²) in [6.45, 7) is 7.92. The lowest BCUT2D eigenvalue weighted by molar-refractivity contribution is 0.508. The van der Waals surface area contributed by atoms with E-state index in [1.807, 2.05) is 0 Å². The van der Waals surface area contributed by atoms with Crippen LogP contribution in [0.15, 0.2) is 24.3 Å². The minimum absolute atomic E-state index is 0.493. The third-order valence-corrected chi connectivity index (χ3v) is 6.78. The molecule has 0 saturated carbocycles. The van der Waals surface area contributed by atoms with Crippen molar-refractivity contribution in [2.24, 2.45) is 0 Å². The summed E-state index contributed by atoms with van der Waals surface area (Å²) in [6.07, 6.45) is 1.20. The molecule has 0 bridgehead atoms. The molecule has 1 aliphatic rings. The van der Waals surface area contributed by atoms with Crippen LogP contribution in [0.4, 0.5) is 0 Å².